The first-order chi connectivity index (χ1) is 18.5. The van der Waals surface area contributed by atoms with E-state index < -0.39 is 11.9 Å². The zero-order chi connectivity index (χ0) is 26.1. The number of rotatable bonds is 7. The Balaban J connectivity index is 1.10. The van der Waals surface area contributed by atoms with E-state index in [9.17, 15) is 14.4 Å². The summed E-state index contributed by atoms with van der Waals surface area (Å²) in [6.07, 6.45) is 2.39. The lowest BCUT2D eigenvalue weighted by molar-refractivity contribution is -0.136. The Morgan fingerprint density at radius 1 is 1.08 bits per heavy atom. The highest BCUT2D eigenvalue weighted by Crippen LogP contribution is 2.33. The molecular formula is C27H28N6O5. The van der Waals surface area contributed by atoms with E-state index in [1.54, 1.807) is 16.8 Å². The van der Waals surface area contributed by atoms with Gasteiger partial charge in [0.1, 0.15) is 24.1 Å². The second-order valence-electron chi connectivity index (χ2n) is 9.65. The molecule has 2 aromatic carbocycles. The van der Waals surface area contributed by atoms with Gasteiger partial charge in [0.25, 0.3) is 5.91 Å². The van der Waals surface area contributed by atoms with Crippen molar-refractivity contribution in [3.8, 4) is 5.75 Å². The van der Waals surface area contributed by atoms with E-state index in [4.69, 9.17) is 9.47 Å². The number of carbonyl (C=O) groups is 3. The van der Waals surface area contributed by atoms with E-state index >= 15 is 0 Å². The minimum absolute atomic E-state index is 0.191. The van der Waals surface area contributed by atoms with Crippen molar-refractivity contribution in [2.75, 3.05) is 31.2 Å². The van der Waals surface area contributed by atoms with Crippen molar-refractivity contribution in [1.82, 2.24) is 25.2 Å². The van der Waals surface area contributed by atoms with Crippen molar-refractivity contribution in [1.29, 1.82) is 0 Å². The number of aromatic nitrogens is 3. The van der Waals surface area contributed by atoms with E-state index in [0.29, 0.717) is 30.0 Å². The van der Waals surface area contributed by atoms with Crippen molar-refractivity contribution < 1.29 is 23.9 Å². The van der Waals surface area contributed by atoms with Gasteiger partial charge in [0.05, 0.1) is 32.5 Å². The third-order valence-corrected chi connectivity index (χ3v) is 7.13. The van der Waals surface area contributed by atoms with E-state index in [-0.39, 0.29) is 31.4 Å². The largest absolute Gasteiger partial charge is 0.487 e. The van der Waals surface area contributed by atoms with Crippen LogP contribution in [0.25, 0.3) is 0 Å². The molecule has 3 aromatic rings. The molecular weight excluding hydrogens is 488 g/mol. The summed E-state index contributed by atoms with van der Waals surface area (Å²) >= 11 is 0. The van der Waals surface area contributed by atoms with E-state index in [1.807, 2.05) is 12.3 Å². The highest BCUT2D eigenvalue weighted by molar-refractivity contribution is 6.05. The summed E-state index contributed by atoms with van der Waals surface area (Å²) in [5, 5.41) is 10.8. The molecule has 0 spiro atoms. The van der Waals surface area contributed by atoms with Crippen molar-refractivity contribution in [2.45, 2.75) is 38.6 Å². The lowest BCUT2D eigenvalue weighted by Gasteiger charge is -2.29. The molecule has 1 N–H and O–H groups in total. The van der Waals surface area contributed by atoms with Gasteiger partial charge in [-0.15, -0.1) is 5.10 Å². The fourth-order valence-electron chi connectivity index (χ4n) is 5.19. The third kappa shape index (κ3) is 4.84. The predicted octanol–water partition coefficient (Wildman–Crippen LogP) is 1.50. The van der Waals surface area contributed by atoms with Crippen LogP contribution >= 0.6 is 0 Å². The molecule has 2 fully saturated rings. The van der Waals surface area contributed by atoms with Crippen LogP contribution in [0.1, 0.15) is 40.0 Å². The number of benzene rings is 2. The Labute approximate surface area is 219 Å². The average molecular weight is 517 g/mol. The quantitative estimate of drug-likeness (QED) is 0.470. The highest BCUT2D eigenvalue weighted by Gasteiger charge is 2.40. The van der Waals surface area contributed by atoms with E-state index in [0.717, 1.165) is 37.4 Å². The van der Waals surface area contributed by atoms with Gasteiger partial charge in [-0.1, -0.05) is 23.4 Å². The Kier molecular flexibility index (Phi) is 6.50. The Bertz CT molecular complexity index is 1380. The molecule has 196 valence electrons. The van der Waals surface area contributed by atoms with Crippen LogP contribution in [0.15, 0.2) is 48.7 Å². The molecule has 4 heterocycles. The molecule has 1 atom stereocenters. The second-order valence-corrected chi connectivity index (χ2v) is 9.65. The number of morpholine rings is 1. The highest BCUT2D eigenvalue weighted by atomic mass is 16.5. The van der Waals surface area contributed by atoms with Crippen LogP contribution in [0.4, 0.5) is 5.69 Å². The zero-order valence-electron chi connectivity index (χ0n) is 20.8. The summed E-state index contributed by atoms with van der Waals surface area (Å²) in [5.41, 5.74) is 4.21. The Hall–Kier alpha value is -4.25. The number of amides is 3. The zero-order valence-corrected chi connectivity index (χ0v) is 20.8. The van der Waals surface area contributed by atoms with E-state index in [2.05, 4.69) is 44.8 Å². The van der Waals surface area contributed by atoms with Gasteiger partial charge in [0, 0.05) is 36.3 Å². The standard InChI is InChI=1S/C27H28N6O5/c34-25-8-7-23(26(35)28-25)33-16-22-21(27(33)36)5-2-6-24(22)38-17-19-15-32(30-29-19)14-18-3-1-4-20(13-18)31-9-11-37-12-10-31/h1-6,13,15,23H,7-12,14,16-17H2,(H,28,34,35). The van der Waals surface area contributed by atoms with Crippen molar-refractivity contribution in [2.24, 2.45) is 0 Å². The van der Waals surface area contributed by atoms with Gasteiger partial charge in [0.2, 0.25) is 11.8 Å². The van der Waals surface area contributed by atoms with Gasteiger partial charge >= 0.3 is 0 Å². The van der Waals surface area contributed by atoms with Crippen molar-refractivity contribution >= 4 is 23.4 Å². The molecule has 1 aromatic heterocycles. The normalized spacial score (nSPS) is 19.5. The molecule has 0 radical (unpaired) electrons. The maximum Gasteiger partial charge on any atom is 0.255 e. The predicted molar refractivity (Wildman–Crippen MR) is 135 cm³/mol. The molecule has 0 aliphatic carbocycles. The molecule has 6 rings (SSSR count). The lowest BCUT2D eigenvalue weighted by Crippen LogP contribution is -2.52. The molecule has 1 unspecified atom stereocenters. The number of piperidine rings is 1. The Morgan fingerprint density at radius 3 is 2.76 bits per heavy atom. The van der Waals surface area contributed by atoms with Crippen LogP contribution in [0.2, 0.25) is 0 Å². The van der Waals surface area contributed by atoms with Crippen LogP contribution in [0.5, 0.6) is 5.75 Å². The number of fused-ring (bicyclic) bond motifs is 1. The number of carbonyl (C=O) groups excluding carboxylic acids is 3. The molecule has 38 heavy (non-hydrogen) atoms. The first-order valence-electron chi connectivity index (χ1n) is 12.7. The SMILES string of the molecule is O=C1CCC(N2Cc3c(OCc4cn(Cc5cccc(N6CCOCC6)c5)nn4)cccc3C2=O)C(=O)N1. The van der Waals surface area contributed by atoms with Crippen molar-refractivity contribution in [3.63, 3.8) is 0 Å². The molecule has 11 nitrogen and oxygen atoms in total. The molecule has 3 aliphatic heterocycles. The van der Waals surface area contributed by atoms with Gasteiger partial charge in [0.15, 0.2) is 0 Å². The first-order valence-corrected chi connectivity index (χ1v) is 12.7. The minimum Gasteiger partial charge on any atom is -0.487 e. The van der Waals surface area contributed by atoms with Crippen LogP contribution in [-0.2, 0) is 34.0 Å². The summed E-state index contributed by atoms with van der Waals surface area (Å²) in [7, 11) is 0. The van der Waals surface area contributed by atoms with E-state index in [1.165, 1.54) is 10.6 Å². The molecule has 0 bridgehead atoms. The molecule has 11 heteroatoms. The third-order valence-electron chi connectivity index (χ3n) is 7.13. The summed E-state index contributed by atoms with van der Waals surface area (Å²) in [5.74, 6) is -0.405. The van der Waals surface area contributed by atoms with Crippen molar-refractivity contribution in [3.05, 3.63) is 71.0 Å². The number of hydrogen-bond acceptors (Lipinski definition) is 8. The monoisotopic (exact) mass is 516 g/mol. The number of anilines is 1. The second kappa shape index (κ2) is 10.3. The summed E-state index contributed by atoms with van der Waals surface area (Å²) in [6.45, 7) is 4.28. The molecule has 0 saturated carbocycles. The van der Waals surface area contributed by atoms with Crippen LogP contribution < -0.4 is 15.0 Å². The maximum atomic E-state index is 13.0. The smallest absolute Gasteiger partial charge is 0.255 e. The number of nitrogens with zero attached hydrogens (tertiary/aromatic N) is 5. The molecule has 3 aliphatic rings. The van der Waals surface area contributed by atoms with Gasteiger partial charge in [-0.25, -0.2) is 4.68 Å². The first kappa shape index (κ1) is 24.1. The number of ether oxygens (including phenoxy) is 2. The number of nitrogens with one attached hydrogen (secondary N) is 1. The number of imide groups is 1. The maximum absolute atomic E-state index is 13.0. The Morgan fingerprint density at radius 2 is 1.92 bits per heavy atom. The van der Waals surface area contributed by atoms with Gasteiger partial charge in [-0.2, -0.15) is 0 Å². The van der Waals surface area contributed by atoms with Crippen LogP contribution in [-0.4, -0.2) is 70.0 Å². The number of hydrogen-bond donors (Lipinski definition) is 1. The lowest BCUT2D eigenvalue weighted by atomic mass is 10.0. The summed E-state index contributed by atoms with van der Waals surface area (Å²) < 4.78 is 13.3. The van der Waals surface area contributed by atoms with Gasteiger partial charge < -0.3 is 19.3 Å². The minimum atomic E-state index is -0.665. The topological polar surface area (TPSA) is 119 Å². The fraction of sp³-hybridized carbons (Fsp3) is 0.370. The average Bonchev–Trinajstić information content (AvgIpc) is 3.52. The van der Waals surface area contributed by atoms with Crippen LogP contribution in [0.3, 0.4) is 0 Å². The summed E-state index contributed by atoms with van der Waals surface area (Å²) in [4.78, 5) is 40.7. The van der Waals surface area contributed by atoms with Gasteiger partial charge in [-0.05, 0) is 36.2 Å². The van der Waals surface area contributed by atoms with Crippen LogP contribution in [0, 0.1) is 0 Å². The fourth-order valence-corrected chi connectivity index (χ4v) is 5.19. The molecule has 3 amide bonds. The molecule has 2 saturated heterocycles. The summed E-state index contributed by atoms with van der Waals surface area (Å²) in [6, 6.07) is 13.0. The van der Waals surface area contributed by atoms with Gasteiger partial charge in [-0.3, -0.25) is 19.7 Å².